The predicted molar refractivity (Wildman–Crippen MR) is 117 cm³/mol. The molecule has 0 bridgehead atoms. The highest BCUT2D eigenvalue weighted by Gasteiger charge is 2.38. The van der Waals surface area contributed by atoms with Gasteiger partial charge in [-0.15, -0.1) is 0 Å². The molecule has 0 aliphatic carbocycles. The molecule has 2 amide bonds. The average Bonchev–Trinajstić information content (AvgIpc) is 2.85. The topological polar surface area (TPSA) is 115 Å². The number of nitrogens with zero attached hydrogens (tertiary/aromatic N) is 2. The Balaban J connectivity index is 1.75. The number of hydrogen-bond acceptors (Lipinski definition) is 7. The molecule has 1 aliphatic heterocycles. The van der Waals surface area contributed by atoms with Crippen molar-refractivity contribution in [3.63, 3.8) is 0 Å². The molecule has 176 valence electrons. The molecule has 1 aliphatic rings. The SMILES string of the molecule is COc1cc(C(=O)N2CCN(C(=O)OCc3ccccc3)CC2C(=O)O)cc(OC)c1OC. The summed E-state index contributed by atoms with van der Waals surface area (Å²) in [5, 5.41) is 9.75. The number of carboxylic acid groups (broad SMARTS) is 1. The molecular weight excluding hydrogens is 432 g/mol. The number of methoxy groups -OCH3 is 3. The molecule has 3 rings (SSSR count). The van der Waals surface area contributed by atoms with Crippen LogP contribution in [0.2, 0.25) is 0 Å². The van der Waals surface area contributed by atoms with E-state index < -0.39 is 24.0 Å². The van der Waals surface area contributed by atoms with Crippen molar-refractivity contribution in [2.24, 2.45) is 0 Å². The number of piperazine rings is 1. The number of carbonyl (C=O) groups excluding carboxylic acids is 2. The molecule has 10 nitrogen and oxygen atoms in total. The number of carboxylic acids is 1. The first kappa shape index (κ1) is 23.7. The summed E-state index contributed by atoms with van der Waals surface area (Å²) in [7, 11) is 4.29. The number of hydrogen-bond donors (Lipinski definition) is 1. The molecule has 1 saturated heterocycles. The summed E-state index contributed by atoms with van der Waals surface area (Å²) >= 11 is 0. The van der Waals surface area contributed by atoms with E-state index in [1.807, 2.05) is 30.3 Å². The van der Waals surface area contributed by atoms with Gasteiger partial charge >= 0.3 is 12.1 Å². The second kappa shape index (κ2) is 10.6. The molecule has 10 heteroatoms. The summed E-state index contributed by atoms with van der Waals surface area (Å²) in [5.74, 6) is -0.891. The van der Waals surface area contributed by atoms with Crippen LogP contribution < -0.4 is 14.2 Å². The van der Waals surface area contributed by atoms with E-state index in [1.165, 1.54) is 43.3 Å². The minimum absolute atomic E-state index is 0.0207. The number of carbonyl (C=O) groups is 3. The predicted octanol–water partition coefficient (Wildman–Crippen LogP) is 2.26. The van der Waals surface area contributed by atoms with Crippen molar-refractivity contribution < 1.29 is 38.4 Å². The summed E-state index contributed by atoms with van der Waals surface area (Å²) in [6, 6.07) is 10.8. The molecule has 1 heterocycles. The third-order valence-corrected chi connectivity index (χ3v) is 5.30. The van der Waals surface area contributed by atoms with Gasteiger partial charge in [-0.05, 0) is 17.7 Å². The van der Waals surface area contributed by atoms with Gasteiger partial charge in [0, 0.05) is 18.7 Å². The van der Waals surface area contributed by atoms with Gasteiger partial charge in [0.1, 0.15) is 12.6 Å². The second-order valence-corrected chi connectivity index (χ2v) is 7.25. The maximum absolute atomic E-state index is 13.2. The highest BCUT2D eigenvalue weighted by Crippen LogP contribution is 2.38. The van der Waals surface area contributed by atoms with E-state index in [2.05, 4.69) is 0 Å². The van der Waals surface area contributed by atoms with Crippen LogP contribution in [0.5, 0.6) is 17.2 Å². The number of rotatable bonds is 7. The third kappa shape index (κ3) is 5.28. The van der Waals surface area contributed by atoms with Crippen LogP contribution in [-0.2, 0) is 16.1 Å². The number of amides is 2. The molecule has 33 heavy (non-hydrogen) atoms. The molecule has 0 radical (unpaired) electrons. The Morgan fingerprint density at radius 3 is 2.15 bits per heavy atom. The zero-order valence-corrected chi connectivity index (χ0v) is 18.6. The van der Waals surface area contributed by atoms with Gasteiger partial charge in [0.15, 0.2) is 11.5 Å². The monoisotopic (exact) mass is 458 g/mol. The fourth-order valence-electron chi connectivity index (χ4n) is 3.58. The highest BCUT2D eigenvalue weighted by molar-refractivity contribution is 5.98. The van der Waals surface area contributed by atoms with Gasteiger partial charge in [-0.25, -0.2) is 9.59 Å². The van der Waals surface area contributed by atoms with Crippen molar-refractivity contribution >= 4 is 18.0 Å². The van der Waals surface area contributed by atoms with Gasteiger partial charge in [0.05, 0.1) is 27.9 Å². The Labute approximate surface area is 191 Å². The van der Waals surface area contributed by atoms with Crippen LogP contribution in [0.3, 0.4) is 0 Å². The number of ether oxygens (including phenoxy) is 4. The summed E-state index contributed by atoms with van der Waals surface area (Å²) in [5.41, 5.74) is 0.993. The lowest BCUT2D eigenvalue weighted by Crippen LogP contribution is -2.59. The van der Waals surface area contributed by atoms with Crippen LogP contribution in [0.1, 0.15) is 15.9 Å². The zero-order valence-electron chi connectivity index (χ0n) is 18.6. The standard InChI is InChI=1S/C23H26N2O8/c1-30-18-11-16(12-19(31-2)20(18)32-3)21(26)25-10-9-24(13-17(25)22(27)28)23(29)33-14-15-7-5-4-6-8-15/h4-8,11-12,17H,9-10,13-14H2,1-3H3,(H,27,28). The lowest BCUT2D eigenvalue weighted by atomic mass is 10.1. The molecule has 0 saturated carbocycles. The maximum atomic E-state index is 13.2. The Bertz CT molecular complexity index is 986. The first-order chi connectivity index (χ1) is 15.9. The molecular formula is C23H26N2O8. The zero-order chi connectivity index (χ0) is 24.0. The minimum Gasteiger partial charge on any atom is -0.493 e. The van der Waals surface area contributed by atoms with Gasteiger partial charge in [0.2, 0.25) is 5.75 Å². The Morgan fingerprint density at radius 2 is 1.61 bits per heavy atom. The van der Waals surface area contributed by atoms with Crippen molar-refractivity contribution in [2.45, 2.75) is 12.6 Å². The fourth-order valence-corrected chi connectivity index (χ4v) is 3.58. The summed E-state index contributed by atoms with van der Waals surface area (Å²) in [6.45, 7) is 0.0293. The van der Waals surface area contributed by atoms with Gasteiger partial charge in [-0.1, -0.05) is 30.3 Å². The van der Waals surface area contributed by atoms with E-state index in [4.69, 9.17) is 18.9 Å². The van der Waals surface area contributed by atoms with E-state index in [-0.39, 0.29) is 43.3 Å². The van der Waals surface area contributed by atoms with Crippen molar-refractivity contribution in [3.8, 4) is 17.2 Å². The van der Waals surface area contributed by atoms with Gasteiger partial charge < -0.3 is 33.9 Å². The van der Waals surface area contributed by atoms with Crippen LogP contribution in [0.15, 0.2) is 42.5 Å². The molecule has 1 unspecified atom stereocenters. The quantitative estimate of drug-likeness (QED) is 0.672. The van der Waals surface area contributed by atoms with Crippen LogP contribution in [-0.4, -0.2) is 79.9 Å². The fraction of sp³-hybridized carbons (Fsp3) is 0.348. The summed E-state index contributed by atoms with van der Waals surface area (Å²) < 4.78 is 21.1. The molecule has 1 N–H and O–H groups in total. The van der Waals surface area contributed by atoms with Crippen molar-refractivity contribution in [3.05, 3.63) is 53.6 Å². The molecule has 2 aromatic rings. The Morgan fingerprint density at radius 1 is 0.970 bits per heavy atom. The van der Waals surface area contributed by atoms with E-state index in [9.17, 15) is 19.5 Å². The largest absolute Gasteiger partial charge is 0.493 e. The summed E-state index contributed by atoms with van der Waals surface area (Å²) in [6.07, 6.45) is -0.634. The average molecular weight is 458 g/mol. The van der Waals surface area contributed by atoms with E-state index in [1.54, 1.807) is 0 Å². The third-order valence-electron chi connectivity index (χ3n) is 5.30. The molecule has 2 aromatic carbocycles. The van der Waals surface area contributed by atoms with Gasteiger partial charge in [-0.2, -0.15) is 0 Å². The van der Waals surface area contributed by atoms with Gasteiger partial charge in [-0.3, -0.25) is 4.79 Å². The van der Waals surface area contributed by atoms with Crippen molar-refractivity contribution in [1.82, 2.24) is 9.80 Å². The van der Waals surface area contributed by atoms with Crippen LogP contribution in [0, 0.1) is 0 Å². The van der Waals surface area contributed by atoms with Gasteiger partial charge in [0.25, 0.3) is 5.91 Å². The first-order valence-electron chi connectivity index (χ1n) is 10.2. The van der Waals surface area contributed by atoms with Crippen molar-refractivity contribution in [2.75, 3.05) is 41.0 Å². The summed E-state index contributed by atoms with van der Waals surface area (Å²) in [4.78, 5) is 40.2. The maximum Gasteiger partial charge on any atom is 0.410 e. The normalized spacial score (nSPS) is 15.5. The Kier molecular flexibility index (Phi) is 7.60. The molecule has 0 spiro atoms. The first-order valence-corrected chi connectivity index (χ1v) is 10.2. The van der Waals surface area contributed by atoms with E-state index >= 15 is 0 Å². The minimum atomic E-state index is -1.24. The lowest BCUT2D eigenvalue weighted by Gasteiger charge is -2.38. The van der Waals surface area contributed by atoms with E-state index in [0.717, 1.165) is 5.56 Å². The molecule has 1 fully saturated rings. The van der Waals surface area contributed by atoms with Crippen LogP contribution in [0.4, 0.5) is 4.79 Å². The Hall–Kier alpha value is -3.95. The smallest absolute Gasteiger partial charge is 0.410 e. The second-order valence-electron chi connectivity index (χ2n) is 7.25. The number of benzene rings is 2. The lowest BCUT2D eigenvalue weighted by molar-refractivity contribution is -0.144. The van der Waals surface area contributed by atoms with E-state index in [0.29, 0.717) is 5.75 Å². The van der Waals surface area contributed by atoms with Crippen LogP contribution >= 0.6 is 0 Å². The highest BCUT2D eigenvalue weighted by atomic mass is 16.6. The molecule has 1 atom stereocenters. The van der Waals surface area contributed by atoms with Crippen molar-refractivity contribution in [1.29, 1.82) is 0 Å². The van der Waals surface area contributed by atoms with Crippen LogP contribution in [0.25, 0.3) is 0 Å². The molecule has 0 aromatic heterocycles. The number of aliphatic carboxylic acids is 1.